The van der Waals surface area contributed by atoms with E-state index in [1.165, 1.54) is 10.5 Å². The van der Waals surface area contributed by atoms with Crippen molar-refractivity contribution in [2.24, 2.45) is 4.99 Å². The van der Waals surface area contributed by atoms with Gasteiger partial charge in [0.1, 0.15) is 16.1 Å². The summed E-state index contributed by atoms with van der Waals surface area (Å²) < 4.78 is 38.8. The van der Waals surface area contributed by atoms with E-state index in [1.807, 2.05) is 36.4 Å². The van der Waals surface area contributed by atoms with E-state index in [0.29, 0.717) is 49.8 Å². The summed E-state index contributed by atoms with van der Waals surface area (Å²) in [6.07, 6.45) is 3.71. The molecule has 0 amide bonds. The molecular weight excluding hydrogens is 440 g/mol. The number of rotatable bonds is 4. The molecule has 9 heteroatoms. The first-order chi connectivity index (χ1) is 16.1. The van der Waals surface area contributed by atoms with Crippen molar-refractivity contribution >= 4 is 32.5 Å². The number of hydrogen-bond donors (Lipinski definition) is 0. The fraction of sp³-hybridized carbons (Fsp3) is 0.208. The Morgan fingerprint density at radius 2 is 1.79 bits per heavy atom. The van der Waals surface area contributed by atoms with Gasteiger partial charge in [-0.25, -0.2) is 18.4 Å². The van der Waals surface area contributed by atoms with Crippen molar-refractivity contribution in [2.75, 3.05) is 26.3 Å². The van der Waals surface area contributed by atoms with Crippen LogP contribution in [0.1, 0.15) is 11.5 Å². The number of ether oxygens (including phenoxy) is 1. The Bertz CT molecular complexity index is 1500. The van der Waals surface area contributed by atoms with Gasteiger partial charge in [-0.3, -0.25) is 4.98 Å². The summed E-state index contributed by atoms with van der Waals surface area (Å²) in [6.45, 7) is 1.47. The van der Waals surface area contributed by atoms with Gasteiger partial charge < -0.3 is 9.15 Å². The van der Waals surface area contributed by atoms with Crippen LogP contribution in [-0.4, -0.2) is 54.7 Å². The fourth-order valence-corrected chi connectivity index (χ4v) is 5.54. The lowest BCUT2D eigenvalue weighted by Crippen LogP contribution is -2.40. The van der Waals surface area contributed by atoms with Crippen molar-refractivity contribution in [2.45, 2.75) is 11.3 Å². The SMILES string of the molecule is O=S(=O)(c1cncc(-c2ccc3nc(C4=Nc5ccccc5C4)oc3c2)c1)N1CCOCC1. The molecule has 0 radical (unpaired) electrons. The average Bonchev–Trinajstić information content (AvgIpc) is 3.48. The summed E-state index contributed by atoms with van der Waals surface area (Å²) in [5, 5.41) is 0. The molecule has 8 nitrogen and oxygen atoms in total. The number of oxazole rings is 1. The van der Waals surface area contributed by atoms with Crippen LogP contribution in [0.5, 0.6) is 0 Å². The van der Waals surface area contributed by atoms with E-state index in [4.69, 9.17) is 9.15 Å². The number of para-hydroxylation sites is 1. The number of hydrogen-bond acceptors (Lipinski definition) is 7. The summed E-state index contributed by atoms with van der Waals surface area (Å²) >= 11 is 0. The van der Waals surface area contributed by atoms with E-state index in [0.717, 1.165) is 28.0 Å². The Morgan fingerprint density at radius 1 is 0.939 bits per heavy atom. The lowest BCUT2D eigenvalue weighted by molar-refractivity contribution is 0.0730. The minimum atomic E-state index is -3.63. The summed E-state index contributed by atoms with van der Waals surface area (Å²) in [5.41, 5.74) is 5.72. The zero-order valence-electron chi connectivity index (χ0n) is 17.6. The van der Waals surface area contributed by atoms with Crippen molar-refractivity contribution in [1.82, 2.24) is 14.3 Å². The van der Waals surface area contributed by atoms with Crippen molar-refractivity contribution in [1.29, 1.82) is 0 Å². The molecule has 0 bridgehead atoms. The molecule has 2 aromatic heterocycles. The lowest BCUT2D eigenvalue weighted by Gasteiger charge is -2.26. The van der Waals surface area contributed by atoms with Crippen LogP contribution in [0.15, 0.2) is 75.2 Å². The Hall–Kier alpha value is -3.40. The first kappa shape index (κ1) is 20.2. The summed E-state index contributed by atoms with van der Waals surface area (Å²) in [7, 11) is -3.63. The molecular formula is C24H20N4O4S. The van der Waals surface area contributed by atoms with Gasteiger partial charge in [0.05, 0.1) is 18.9 Å². The molecule has 0 saturated carbocycles. The molecule has 166 valence electrons. The molecule has 0 atom stereocenters. The van der Waals surface area contributed by atoms with Gasteiger partial charge in [0.15, 0.2) is 5.58 Å². The van der Waals surface area contributed by atoms with E-state index in [9.17, 15) is 8.42 Å². The van der Waals surface area contributed by atoms with E-state index >= 15 is 0 Å². The summed E-state index contributed by atoms with van der Waals surface area (Å²) in [6, 6.07) is 15.3. The highest BCUT2D eigenvalue weighted by Crippen LogP contribution is 2.31. The molecule has 0 N–H and O–H groups in total. The van der Waals surface area contributed by atoms with Crippen LogP contribution in [-0.2, 0) is 21.2 Å². The minimum Gasteiger partial charge on any atom is -0.435 e. The maximum atomic E-state index is 13.0. The van der Waals surface area contributed by atoms with Gasteiger partial charge in [-0.15, -0.1) is 0 Å². The number of morpholine rings is 1. The van der Waals surface area contributed by atoms with Crippen LogP contribution in [0.25, 0.3) is 22.2 Å². The van der Waals surface area contributed by atoms with Gasteiger partial charge in [0.2, 0.25) is 15.9 Å². The second kappa shape index (κ2) is 7.87. The first-order valence-electron chi connectivity index (χ1n) is 10.7. The third-order valence-electron chi connectivity index (χ3n) is 5.89. The molecule has 1 fully saturated rings. The second-order valence-electron chi connectivity index (χ2n) is 7.99. The van der Waals surface area contributed by atoms with Crippen LogP contribution in [0, 0.1) is 0 Å². The molecule has 2 aliphatic rings. The Kier molecular flexibility index (Phi) is 4.83. The highest BCUT2D eigenvalue weighted by atomic mass is 32.2. The van der Waals surface area contributed by atoms with Gasteiger partial charge >= 0.3 is 0 Å². The maximum absolute atomic E-state index is 13.0. The second-order valence-corrected chi connectivity index (χ2v) is 9.93. The van der Waals surface area contributed by atoms with E-state index < -0.39 is 10.0 Å². The number of nitrogens with zero attached hydrogens (tertiary/aromatic N) is 4. The zero-order chi connectivity index (χ0) is 22.4. The third-order valence-corrected chi connectivity index (χ3v) is 7.76. The number of sulfonamides is 1. The number of aromatic nitrogens is 2. The summed E-state index contributed by atoms with van der Waals surface area (Å²) in [5.74, 6) is 0.500. The average molecular weight is 461 g/mol. The molecule has 0 unspecified atom stereocenters. The number of aliphatic imine (C=N–C) groups is 1. The third kappa shape index (κ3) is 3.64. The molecule has 6 rings (SSSR count). The number of pyridine rings is 1. The van der Waals surface area contributed by atoms with Crippen LogP contribution >= 0.6 is 0 Å². The highest BCUT2D eigenvalue weighted by molar-refractivity contribution is 7.89. The van der Waals surface area contributed by atoms with Crippen LogP contribution in [0.2, 0.25) is 0 Å². The maximum Gasteiger partial charge on any atom is 0.244 e. The standard InChI is InChI=1S/C24H20N4O4S/c29-33(30,28-7-9-31-10-8-28)19-11-18(14-25-15-19)16-5-6-21-23(13-16)32-24(27-21)22-12-17-3-1-2-4-20(17)26-22/h1-6,11,13-15H,7-10,12H2. The van der Waals surface area contributed by atoms with Crippen molar-refractivity contribution in [3.8, 4) is 11.1 Å². The van der Waals surface area contributed by atoms with Gasteiger partial charge in [0.25, 0.3) is 0 Å². The Morgan fingerprint density at radius 3 is 2.64 bits per heavy atom. The molecule has 0 aliphatic carbocycles. The Labute approximate surface area is 190 Å². The molecule has 0 spiro atoms. The predicted octanol–water partition coefficient (Wildman–Crippen LogP) is 3.59. The van der Waals surface area contributed by atoms with Crippen LogP contribution in [0.3, 0.4) is 0 Å². The molecule has 2 aromatic carbocycles. The van der Waals surface area contributed by atoms with E-state index in [2.05, 4.69) is 21.0 Å². The van der Waals surface area contributed by atoms with E-state index in [-0.39, 0.29) is 4.90 Å². The van der Waals surface area contributed by atoms with Crippen LogP contribution < -0.4 is 0 Å². The topological polar surface area (TPSA) is 97.9 Å². The monoisotopic (exact) mass is 460 g/mol. The molecule has 2 aliphatic heterocycles. The molecule has 33 heavy (non-hydrogen) atoms. The van der Waals surface area contributed by atoms with Gasteiger partial charge in [-0.1, -0.05) is 24.3 Å². The zero-order valence-corrected chi connectivity index (χ0v) is 18.5. The smallest absolute Gasteiger partial charge is 0.244 e. The van der Waals surface area contributed by atoms with Gasteiger partial charge in [-0.2, -0.15) is 4.31 Å². The first-order valence-corrected chi connectivity index (χ1v) is 12.1. The predicted molar refractivity (Wildman–Crippen MR) is 123 cm³/mol. The quantitative estimate of drug-likeness (QED) is 0.462. The molecule has 4 aromatic rings. The highest BCUT2D eigenvalue weighted by Gasteiger charge is 2.27. The normalized spacial score (nSPS) is 16.7. The summed E-state index contributed by atoms with van der Waals surface area (Å²) in [4.78, 5) is 13.6. The molecule has 4 heterocycles. The number of fused-ring (bicyclic) bond motifs is 2. The van der Waals surface area contributed by atoms with Gasteiger partial charge in [-0.05, 0) is 35.4 Å². The van der Waals surface area contributed by atoms with Crippen molar-refractivity contribution in [3.05, 3.63) is 72.4 Å². The van der Waals surface area contributed by atoms with E-state index in [1.54, 1.807) is 12.3 Å². The van der Waals surface area contributed by atoms with Crippen molar-refractivity contribution in [3.63, 3.8) is 0 Å². The molecule has 1 saturated heterocycles. The largest absolute Gasteiger partial charge is 0.435 e. The fourth-order valence-electron chi connectivity index (χ4n) is 4.14. The Balaban J connectivity index is 1.32. The minimum absolute atomic E-state index is 0.165. The number of benzene rings is 2. The van der Waals surface area contributed by atoms with Crippen LogP contribution in [0.4, 0.5) is 5.69 Å². The van der Waals surface area contributed by atoms with Crippen molar-refractivity contribution < 1.29 is 17.6 Å². The lowest BCUT2D eigenvalue weighted by atomic mass is 10.1. The van der Waals surface area contributed by atoms with Gasteiger partial charge in [0, 0.05) is 37.5 Å².